The third-order valence-electron chi connectivity index (χ3n) is 1.97. The molecule has 84 valence electrons. The number of quaternary nitrogens is 1. The molecule has 5 heteroatoms. The fourth-order valence-electron chi connectivity index (χ4n) is 1.12. The third kappa shape index (κ3) is 3.99. The molecule has 0 aromatic heterocycles. The Labute approximate surface area is 91.0 Å². The summed E-state index contributed by atoms with van der Waals surface area (Å²) in [6.45, 7) is 1.23. The van der Waals surface area contributed by atoms with Crippen LogP contribution in [-0.4, -0.2) is 35.6 Å². The van der Waals surface area contributed by atoms with Crippen LogP contribution in [0.3, 0.4) is 0 Å². The molecule has 0 saturated carbocycles. The van der Waals surface area contributed by atoms with Gasteiger partial charge in [0.05, 0.1) is 32.1 Å². The van der Waals surface area contributed by atoms with Crippen LogP contribution in [-0.2, 0) is 10.0 Å². The van der Waals surface area contributed by atoms with Crippen LogP contribution in [0.2, 0.25) is 0 Å². The first-order chi connectivity index (χ1) is 7.02. The highest BCUT2D eigenvalue weighted by atomic mass is 32.2. The van der Waals surface area contributed by atoms with E-state index in [0.29, 0.717) is 11.4 Å². The molecule has 0 amide bonds. The molecule has 0 aliphatic rings. The molecule has 0 aliphatic heterocycles. The lowest BCUT2D eigenvalue weighted by atomic mass is 10.4. The molecule has 0 fully saturated rings. The van der Waals surface area contributed by atoms with Crippen molar-refractivity contribution in [3.63, 3.8) is 0 Å². The summed E-state index contributed by atoms with van der Waals surface area (Å²) in [7, 11) is 0.647. The Morgan fingerprint density at radius 1 is 1.20 bits per heavy atom. The van der Waals surface area contributed by atoms with Crippen molar-refractivity contribution < 1.29 is 13.3 Å². The molecule has 0 aliphatic carbocycles. The predicted octanol–water partition coefficient (Wildman–Crippen LogP) is -0.891. The molecule has 2 N–H and O–H groups in total. The molecule has 1 aromatic rings. The molecule has 0 heterocycles. The van der Waals surface area contributed by atoms with E-state index in [1.807, 2.05) is 14.1 Å². The van der Waals surface area contributed by atoms with E-state index in [0.717, 1.165) is 6.54 Å². The molecule has 0 atom stereocenters. The van der Waals surface area contributed by atoms with E-state index in [-0.39, 0.29) is 0 Å². The van der Waals surface area contributed by atoms with Gasteiger partial charge in [0.25, 0.3) is 0 Å². The first kappa shape index (κ1) is 12.2. The SMILES string of the molecule is C[NH+](C)CCNS(=O)(=O)c1ccccc1. The minimum absolute atomic E-state index is 0.318. The maximum Gasteiger partial charge on any atom is 0.240 e. The third-order valence-corrected chi connectivity index (χ3v) is 3.45. The summed E-state index contributed by atoms with van der Waals surface area (Å²) < 4.78 is 25.9. The fraction of sp³-hybridized carbons (Fsp3) is 0.400. The first-order valence-electron chi connectivity index (χ1n) is 4.86. The normalized spacial score (nSPS) is 11.9. The lowest BCUT2D eigenvalue weighted by Gasteiger charge is -2.08. The highest BCUT2D eigenvalue weighted by Gasteiger charge is 2.12. The second-order valence-electron chi connectivity index (χ2n) is 3.67. The van der Waals surface area contributed by atoms with Gasteiger partial charge < -0.3 is 4.90 Å². The summed E-state index contributed by atoms with van der Waals surface area (Å²) in [5, 5.41) is 0. The van der Waals surface area contributed by atoms with Crippen LogP contribution in [0.4, 0.5) is 0 Å². The van der Waals surface area contributed by atoms with Crippen molar-refractivity contribution in [2.24, 2.45) is 0 Å². The number of benzene rings is 1. The van der Waals surface area contributed by atoms with Gasteiger partial charge in [0.2, 0.25) is 10.0 Å². The van der Waals surface area contributed by atoms with Crippen LogP contribution in [0, 0.1) is 0 Å². The van der Waals surface area contributed by atoms with Crippen molar-refractivity contribution in [3.05, 3.63) is 30.3 Å². The van der Waals surface area contributed by atoms with Gasteiger partial charge in [0, 0.05) is 0 Å². The molecule has 4 nitrogen and oxygen atoms in total. The first-order valence-corrected chi connectivity index (χ1v) is 6.34. The summed E-state index contributed by atoms with van der Waals surface area (Å²) in [5.41, 5.74) is 0. The summed E-state index contributed by atoms with van der Waals surface area (Å²) >= 11 is 0. The highest BCUT2D eigenvalue weighted by Crippen LogP contribution is 2.05. The fourth-order valence-corrected chi connectivity index (χ4v) is 2.17. The Morgan fingerprint density at radius 2 is 1.80 bits per heavy atom. The molecule has 1 rings (SSSR count). The molecule has 0 unspecified atom stereocenters. The zero-order chi connectivity index (χ0) is 11.3. The van der Waals surface area contributed by atoms with Crippen molar-refractivity contribution in [2.75, 3.05) is 27.2 Å². The van der Waals surface area contributed by atoms with Crippen LogP contribution in [0.1, 0.15) is 0 Å². The van der Waals surface area contributed by atoms with E-state index in [2.05, 4.69) is 4.72 Å². The number of sulfonamides is 1. The van der Waals surface area contributed by atoms with Gasteiger partial charge in [-0.05, 0) is 12.1 Å². The second kappa shape index (κ2) is 5.25. The molecule has 0 radical (unpaired) electrons. The maximum atomic E-state index is 11.7. The van der Waals surface area contributed by atoms with E-state index in [1.54, 1.807) is 30.3 Å². The van der Waals surface area contributed by atoms with E-state index in [9.17, 15) is 8.42 Å². The highest BCUT2D eigenvalue weighted by molar-refractivity contribution is 7.89. The number of nitrogens with one attached hydrogen (secondary N) is 2. The van der Waals surface area contributed by atoms with Gasteiger partial charge in [-0.1, -0.05) is 18.2 Å². The van der Waals surface area contributed by atoms with Crippen LogP contribution in [0.25, 0.3) is 0 Å². The van der Waals surface area contributed by atoms with Crippen molar-refractivity contribution in [1.29, 1.82) is 0 Å². The minimum atomic E-state index is -3.32. The topological polar surface area (TPSA) is 50.6 Å². The number of rotatable bonds is 5. The number of likely N-dealkylation sites (N-methyl/N-ethyl adjacent to an activating group) is 1. The van der Waals surface area contributed by atoms with Crippen LogP contribution >= 0.6 is 0 Å². The molecule has 0 bridgehead atoms. The lowest BCUT2D eigenvalue weighted by molar-refractivity contribution is -0.856. The van der Waals surface area contributed by atoms with E-state index < -0.39 is 10.0 Å². The zero-order valence-electron chi connectivity index (χ0n) is 9.03. The van der Waals surface area contributed by atoms with Crippen LogP contribution in [0.15, 0.2) is 35.2 Å². The quantitative estimate of drug-likeness (QED) is 0.688. The van der Waals surface area contributed by atoms with Gasteiger partial charge in [-0.25, -0.2) is 13.1 Å². The van der Waals surface area contributed by atoms with Crippen molar-refractivity contribution in [3.8, 4) is 0 Å². The van der Waals surface area contributed by atoms with Gasteiger partial charge in [0.15, 0.2) is 0 Å². The molecule has 15 heavy (non-hydrogen) atoms. The maximum absolute atomic E-state index is 11.7. The standard InChI is InChI=1S/C10H16N2O2S/c1-12(2)9-8-11-15(13,14)10-6-4-3-5-7-10/h3-7,11H,8-9H2,1-2H3/p+1. The zero-order valence-corrected chi connectivity index (χ0v) is 9.84. The van der Waals surface area contributed by atoms with Crippen LogP contribution in [0.5, 0.6) is 0 Å². The Hall–Kier alpha value is -0.910. The predicted molar refractivity (Wildman–Crippen MR) is 59.3 cm³/mol. The van der Waals surface area contributed by atoms with Gasteiger partial charge in [0.1, 0.15) is 0 Å². The molecular formula is C10H17N2O2S+. The molecule has 0 saturated heterocycles. The second-order valence-corrected chi connectivity index (χ2v) is 5.43. The Bertz CT molecular complexity index is 387. The Kier molecular flexibility index (Phi) is 4.26. The summed E-state index contributed by atoms with van der Waals surface area (Å²) in [6.07, 6.45) is 0. The summed E-state index contributed by atoms with van der Waals surface area (Å²) in [6, 6.07) is 8.40. The van der Waals surface area contributed by atoms with Gasteiger partial charge in [-0.3, -0.25) is 0 Å². The number of hydrogen-bond acceptors (Lipinski definition) is 2. The lowest BCUT2D eigenvalue weighted by Crippen LogP contribution is -3.06. The minimum Gasteiger partial charge on any atom is -0.339 e. The van der Waals surface area contributed by atoms with Crippen molar-refractivity contribution >= 4 is 10.0 Å². The van der Waals surface area contributed by atoms with Crippen molar-refractivity contribution in [1.82, 2.24) is 4.72 Å². The average Bonchev–Trinajstić information content (AvgIpc) is 2.18. The Morgan fingerprint density at radius 3 is 2.33 bits per heavy atom. The summed E-state index contributed by atoms with van der Waals surface area (Å²) in [4.78, 5) is 1.53. The molecule has 0 spiro atoms. The average molecular weight is 229 g/mol. The monoisotopic (exact) mass is 229 g/mol. The van der Waals surface area contributed by atoms with Crippen LogP contribution < -0.4 is 9.62 Å². The van der Waals surface area contributed by atoms with E-state index in [1.165, 1.54) is 4.90 Å². The number of hydrogen-bond donors (Lipinski definition) is 2. The Balaban J connectivity index is 2.61. The van der Waals surface area contributed by atoms with Crippen molar-refractivity contribution in [2.45, 2.75) is 4.90 Å². The molecule has 1 aromatic carbocycles. The summed E-state index contributed by atoms with van der Waals surface area (Å²) in [5.74, 6) is 0. The molecular weight excluding hydrogens is 212 g/mol. The van der Waals surface area contributed by atoms with E-state index in [4.69, 9.17) is 0 Å². The van der Waals surface area contributed by atoms with Gasteiger partial charge in [-0.2, -0.15) is 0 Å². The largest absolute Gasteiger partial charge is 0.339 e. The van der Waals surface area contributed by atoms with E-state index >= 15 is 0 Å². The smallest absolute Gasteiger partial charge is 0.240 e. The van der Waals surface area contributed by atoms with Gasteiger partial charge >= 0.3 is 0 Å². The van der Waals surface area contributed by atoms with Gasteiger partial charge in [-0.15, -0.1) is 0 Å².